The average Bonchev–Trinajstić information content (AvgIpc) is 2.85. The van der Waals surface area contributed by atoms with Crippen LogP contribution in [0.15, 0.2) is 0 Å². The molecule has 1 aliphatic heterocycles. The van der Waals surface area contributed by atoms with Gasteiger partial charge < -0.3 is 15.4 Å². The van der Waals surface area contributed by atoms with E-state index in [1.807, 2.05) is 13.8 Å². The summed E-state index contributed by atoms with van der Waals surface area (Å²) >= 11 is 0. The summed E-state index contributed by atoms with van der Waals surface area (Å²) in [6, 6.07) is -0.961. The molecule has 1 fully saturated rings. The standard InChI is InChI=1S/C13H24N2O3/c1-4-9(3)11(14)12(16)15-8-6-7-10(15)13(17)18-5-2/h9-11H,4-8,14H2,1-3H3/t9-,10-,11-/m0/s1. The maximum absolute atomic E-state index is 12.3. The minimum atomic E-state index is -0.523. The molecule has 0 bridgehead atoms. The Bertz CT molecular complexity index is 307. The van der Waals surface area contributed by atoms with E-state index in [9.17, 15) is 9.59 Å². The van der Waals surface area contributed by atoms with E-state index in [0.717, 1.165) is 12.8 Å². The van der Waals surface area contributed by atoms with Crippen molar-refractivity contribution in [3.8, 4) is 0 Å². The van der Waals surface area contributed by atoms with Crippen molar-refractivity contribution in [3.05, 3.63) is 0 Å². The van der Waals surface area contributed by atoms with E-state index < -0.39 is 12.1 Å². The van der Waals surface area contributed by atoms with Crippen molar-refractivity contribution < 1.29 is 14.3 Å². The van der Waals surface area contributed by atoms with E-state index in [1.165, 1.54) is 0 Å². The van der Waals surface area contributed by atoms with Gasteiger partial charge in [-0.3, -0.25) is 4.79 Å². The van der Waals surface area contributed by atoms with Crippen LogP contribution in [-0.2, 0) is 14.3 Å². The molecule has 5 heteroatoms. The predicted octanol–water partition coefficient (Wildman–Crippen LogP) is 0.914. The molecule has 0 aromatic rings. The summed E-state index contributed by atoms with van der Waals surface area (Å²) in [6.07, 6.45) is 2.37. The Labute approximate surface area is 109 Å². The first-order chi connectivity index (χ1) is 8.52. The molecule has 18 heavy (non-hydrogen) atoms. The summed E-state index contributed by atoms with van der Waals surface area (Å²) in [4.78, 5) is 25.6. The lowest BCUT2D eigenvalue weighted by Crippen LogP contribution is -2.51. The van der Waals surface area contributed by atoms with Crippen LogP contribution in [0, 0.1) is 5.92 Å². The van der Waals surface area contributed by atoms with Gasteiger partial charge in [0.1, 0.15) is 6.04 Å². The predicted molar refractivity (Wildman–Crippen MR) is 68.8 cm³/mol. The Kier molecular flexibility index (Phi) is 5.59. The van der Waals surface area contributed by atoms with Gasteiger partial charge in [-0.25, -0.2) is 4.79 Å². The Balaban J connectivity index is 2.69. The van der Waals surface area contributed by atoms with Gasteiger partial charge in [-0.15, -0.1) is 0 Å². The van der Waals surface area contributed by atoms with Crippen LogP contribution in [-0.4, -0.2) is 42.0 Å². The SMILES string of the molecule is CCOC(=O)[C@@H]1CCCN1C(=O)[C@@H](N)[C@@H](C)CC. The maximum atomic E-state index is 12.3. The monoisotopic (exact) mass is 256 g/mol. The summed E-state index contributed by atoms with van der Waals surface area (Å²) in [6.45, 7) is 6.67. The number of hydrogen-bond donors (Lipinski definition) is 1. The lowest BCUT2D eigenvalue weighted by molar-refractivity contribution is -0.153. The molecule has 1 aliphatic rings. The number of esters is 1. The molecule has 0 unspecified atom stereocenters. The molecule has 104 valence electrons. The molecule has 1 heterocycles. The summed E-state index contributed by atoms with van der Waals surface area (Å²) in [7, 11) is 0. The van der Waals surface area contributed by atoms with Crippen molar-refractivity contribution >= 4 is 11.9 Å². The largest absolute Gasteiger partial charge is 0.464 e. The highest BCUT2D eigenvalue weighted by Gasteiger charge is 2.37. The summed E-state index contributed by atoms with van der Waals surface area (Å²) in [5, 5.41) is 0. The highest BCUT2D eigenvalue weighted by atomic mass is 16.5. The Morgan fingerprint density at radius 1 is 1.44 bits per heavy atom. The van der Waals surface area contributed by atoms with Crippen molar-refractivity contribution in [1.82, 2.24) is 4.90 Å². The zero-order valence-electron chi connectivity index (χ0n) is 11.5. The quantitative estimate of drug-likeness (QED) is 0.742. The smallest absolute Gasteiger partial charge is 0.328 e. The van der Waals surface area contributed by atoms with Crippen LogP contribution in [0.1, 0.15) is 40.0 Å². The van der Waals surface area contributed by atoms with Crippen molar-refractivity contribution in [1.29, 1.82) is 0 Å². The minimum absolute atomic E-state index is 0.125. The summed E-state index contributed by atoms with van der Waals surface area (Å²) in [5.74, 6) is -0.305. The van der Waals surface area contributed by atoms with E-state index in [-0.39, 0.29) is 17.8 Å². The van der Waals surface area contributed by atoms with Crippen LogP contribution >= 0.6 is 0 Å². The van der Waals surface area contributed by atoms with Gasteiger partial charge in [-0.2, -0.15) is 0 Å². The van der Waals surface area contributed by atoms with Gasteiger partial charge in [-0.05, 0) is 25.7 Å². The van der Waals surface area contributed by atoms with Crippen molar-refractivity contribution in [2.75, 3.05) is 13.2 Å². The molecule has 5 nitrogen and oxygen atoms in total. The first-order valence-corrected chi connectivity index (χ1v) is 6.75. The van der Waals surface area contributed by atoms with E-state index in [2.05, 4.69) is 0 Å². The molecule has 0 aromatic carbocycles. The maximum Gasteiger partial charge on any atom is 0.328 e. The van der Waals surface area contributed by atoms with Crippen LogP contribution in [0.2, 0.25) is 0 Å². The average molecular weight is 256 g/mol. The zero-order chi connectivity index (χ0) is 13.7. The number of likely N-dealkylation sites (tertiary alicyclic amines) is 1. The van der Waals surface area contributed by atoms with Gasteiger partial charge in [0.25, 0.3) is 0 Å². The highest BCUT2D eigenvalue weighted by Crippen LogP contribution is 2.21. The Morgan fingerprint density at radius 2 is 2.11 bits per heavy atom. The minimum Gasteiger partial charge on any atom is -0.464 e. The van der Waals surface area contributed by atoms with Crippen LogP contribution < -0.4 is 5.73 Å². The number of nitrogens with two attached hydrogens (primary N) is 1. The molecule has 0 aromatic heterocycles. The normalized spacial score (nSPS) is 22.7. The third-order valence-corrected chi connectivity index (χ3v) is 3.64. The van der Waals surface area contributed by atoms with Crippen LogP contribution in [0.3, 0.4) is 0 Å². The molecule has 1 amide bonds. The van der Waals surface area contributed by atoms with Crippen LogP contribution in [0.4, 0.5) is 0 Å². The van der Waals surface area contributed by atoms with E-state index in [0.29, 0.717) is 19.6 Å². The van der Waals surface area contributed by atoms with Crippen LogP contribution in [0.25, 0.3) is 0 Å². The molecule has 0 radical (unpaired) electrons. The third-order valence-electron chi connectivity index (χ3n) is 3.64. The topological polar surface area (TPSA) is 72.6 Å². The number of carbonyl (C=O) groups excluding carboxylic acids is 2. The van der Waals surface area contributed by atoms with E-state index in [1.54, 1.807) is 11.8 Å². The number of ether oxygens (including phenoxy) is 1. The lowest BCUT2D eigenvalue weighted by Gasteiger charge is -2.28. The molecule has 1 rings (SSSR count). The number of rotatable bonds is 5. The van der Waals surface area contributed by atoms with Gasteiger partial charge in [0, 0.05) is 6.54 Å². The van der Waals surface area contributed by atoms with Crippen molar-refractivity contribution in [3.63, 3.8) is 0 Å². The van der Waals surface area contributed by atoms with Crippen molar-refractivity contribution in [2.45, 2.75) is 52.1 Å². The third kappa shape index (κ3) is 3.22. The highest BCUT2D eigenvalue weighted by molar-refractivity contribution is 5.88. The summed E-state index contributed by atoms with van der Waals surface area (Å²) in [5.41, 5.74) is 5.94. The number of nitrogens with zero attached hydrogens (tertiary/aromatic N) is 1. The Morgan fingerprint density at radius 3 is 2.67 bits per heavy atom. The van der Waals surface area contributed by atoms with E-state index in [4.69, 9.17) is 10.5 Å². The first kappa shape index (κ1) is 15.0. The Hall–Kier alpha value is -1.10. The number of hydrogen-bond acceptors (Lipinski definition) is 4. The molecule has 0 spiro atoms. The molecule has 0 saturated carbocycles. The first-order valence-electron chi connectivity index (χ1n) is 6.75. The van der Waals surface area contributed by atoms with Crippen molar-refractivity contribution in [2.24, 2.45) is 11.7 Å². The molecular weight excluding hydrogens is 232 g/mol. The summed E-state index contributed by atoms with van der Waals surface area (Å²) < 4.78 is 5.00. The molecule has 3 atom stereocenters. The fourth-order valence-electron chi connectivity index (χ4n) is 2.20. The molecule has 0 aliphatic carbocycles. The number of amides is 1. The van der Waals surface area contributed by atoms with Gasteiger partial charge in [0.2, 0.25) is 5.91 Å². The molecule has 2 N–H and O–H groups in total. The zero-order valence-corrected chi connectivity index (χ0v) is 11.5. The fourth-order valence-corrected chi connectivity index (χ4v) is 2.20. The van der Waals surface area contributed by atoms with Gasteiger partial charge in [0.15, 0.2) is 0 Å². The number of carbonyl (C=O) groups is 2. The van der Waals surface area contributed by atoms with Gasteiger partial charge in [-0.1, -0.05) is 20.3 Å². The second-order valence-electron chi connectivity index (χ2n) is 4.85. The lowest BCUT2D eigenvalue weighted by atomic mass is 9.98. The fraction of sp³-hybridized carbons (Fsp3) is 0.846. The van der Waals surface area contributed by atoms with Crippen LogP contribution in [0.5, 0.6) is 0 Å². The van der Waals surface area contributed by atoms with E-state index >= 15 is 0 Å². The van der Waals surface area contributed by atoms with Gasteiger partial charge >= 0.3 is 5.97 Å². The second-order valence-corrected chi connectivity index (χ2v) is 4.85. The molecule has 1 saturated heterocycles. The second kappa shape index (κ2) is 6.73. The van der Waals surface area contributed by atoms with Gasteiger partial charge in [0.05, 0.1) is 12.6 Å². The molecular formula is C13H24N2O3.